The second kappa shape index (κ2) is 6.40. The molecule has 2 amide bonds. The first-order valence-electron chi connectivity index (χ1n) is 8.65. The third kappa shape index (κ3) is 2.92. The number of rotatable bonds is 3. The Kier molecular flexibility index (Phi) is 4.23. The number of benzene rings is 1. The van der Waals surface area contributed by atoms with Gasteiger partial charge in [0.25, 0.3) is 5.91 Å². The maximum absolute atomic E-state index is 12.9. The largest absolute Gasteiger partial charge is 0.497 e. The number of piperidine rings is 1. The SMILES string of the molecule is COc1ccc(N2C(=O)CC(N3CCC4(CC3)OCCO4)C2=O)cc1. The Hall–Kier alpha value is -1.96. The lowest BCUT2D eigenvalue weighted by molar-refractivity contribution is -0.188. The third-order valence-corrected chi connectivity index (χ3v) is 5.27. The van der Waals surface area contributed by atoms with Gasteiger partial charge in [-0.05, 0) is 24.3 Å². The highest BCUT2D eigenvalue weighted by Crippen LogP contribution is 2.34. The summed E-state index contributed by atoms with van der Waals surface area (Å²) < 4.78 is 16.6. The molecule has 3 fully saturated rings. The number of likely N-dealkylation sites (tertiary alicyclic amines) is 1. The van der Waals surface area contributed by atoms with E-state index >= 15 is 0 Å². The van der Waals surface area contributed by atoms with Crippen molar-refractivity contribution in [3.8, 4) is 5.75 Å². The van der Waals surface area contributed by atoms with Crippen LogP contribution in [-0.2, 0) is 19.1 Å². The summed E-state index contributed by atoms with van der Waals surface area (Å²) in [4.78, 5) is 28.7. The van der Waals surface area contributed by atoms with Crippen molar-refractivity contribution in [1.29, 1.82) is 0 Å². The molecule has 0 N–H and O–H groups in total. The normalized spacial score (nSPS) is 26.6. The average Bonchev–Trinajstić information content (AvgIpc) is 3.21. The van der Waals surface area contributed by atoms with Crippen LogP contribution in [0.15, 0.2) is 24.3 Å². The number of nitrogens with zero attached hydrogens (tertiary/aromatic N) is 2. The van der Waals surface area contributed by atoms with E-state index in [1.54, 1.807) is 31.4 Å². The molecule has 1 aromatic rings. The predicted octanol–water partition coefficient (Wildman–Crippen LogP) is 1.17. The first-order chi connectivity index (χ1) is 12.1. The highest BCUT2D eigenvalue weighted by Gasteiger charge is 2.47. The fourth-order valence-corrected chi connectivity index (χ4v) is 3.87. The van der Waals surface area contributed by atoms with Crippen LogP contribution in [0.5, 0.6) is 5.75 Å². The van der Waals surface area contributed by atoms with Gasteiger partial charge in [0.1, 0.15) is 5.75 Å². The standard InChI is InChI=1S/C18H22N2O5/c1-23-14-4-2-13(3-5-14)20-16(21)12-15(17(20)22)19-8-6-18(7-9-19)24-10-11-25-18/h2-5,15H,6-12H2,1H3. The summed E-state index contributed by atoms with van der Waals surface area (Å²) in [6, 6.07) is 6.59. The Morgan fingerprint density at radius 2 is 1.72 bits per heavy atom. The van der Waals surface area contributed by atoms with Gasteiger partial charge < -0.3 is 14.2 Å². The first kappa shape index (κ1) is 16.5. The van der Waals surface area contributed by atoms with Crippen LogP contribution in [0.3, 0.4) is 0 Å². The number of methoxy groups -OCH3 is 1. The van der Waals surface area contributed by atoms with Crippen molar-refractivity contribution in [2.24, 2.45) is 0 Å². The van der Waals surface area contributed by atoms with Crippen LogP contribution in [0.1, 0.15) is 19.3 Å². The number of carbonyl (C=O) groups excluding carboxylic acids is 2. The van der Waals surface area contributed by atoms with Crippen LogP contribution >= 0.6 is 0 Å². The van der Waals surface area contributed by atoms with E-state index in [0.717, 1.165) is 12.8 Å². The van der Waals surface area contributed by atoms with Gasteiger partial charge in [-0.15, -0.1) is 0 Å². The lowest BCUT2D eigenvalue weighted by Crippen LogP contribution is -2.51. The fraction of sp³-hybridized carbons (Fsp3) is 0.556. The molecule has 3 aliphatic rings. The molecule has 134 valence electrons. The molecule has 1 atom stereocenters. The molecule has 4 rings (SSSR count). The zero-order chi connectivity index (χ0) is 17.4. The molecule has 1 unspecified atom stereocenters. The molecule has 1 spiro atoms. The molecule has 25 heavy (non-hydrogen) atoms. The molecule has 0 bridgehead atoms. The summed E-state index contributed by atoms with van der Waals surface area (Å²) in [6.45, 7) is 2.65. The van der Waals surface area contributed by atoms with E-state index < -0.39 is 11.8 Å². The summed E-state index contributed by atoms with van der Waals surface area (Å²) in [5.74, 6) is -0.0943. The minimum Gasteiger partial charge on any atom is -0.497 e. The van der Waals surface area contributed by atoms with Gasteiger partial charge in [0, 0.05) is 25.9 Å². The first-order valence-corrected chi connectivity index (χ1v) is 8.65. The molecule has 0 saturated carbocycles. The molecular formula is C18H22N2O5. The van der Waals surface area contributed by atoms with E-state index in [2.05, 4.69) is 4.90 Å². The Morgan fingerprint density at radius 3 is 2.32 bits per heavy atom. The van der Waals surface area contributed by atoms with Crippen molar-refractivity contribution < 1.29 is 23.8 Å². The average molecular weight is 346 g/mol. The van der Waals surface area contributed by atoms with Gasteiger partial charge in [-0.2, -0.15) is 0 Å². The van der Waals surface area contributed by atoms with Crippen LogP contribution in [0.2, 0.25) is 0 Å². The van der Waals surface area contributed by atoms with Gasteiger partial charge in [0.15, 0.2) is 5.79 Å². The summed E-state index contributed by atoms with van der Waals surface area (Å²) >= 11 is 0. The van der Waals surface area contributed by atoms with E-state index in [4.69, 9.17) is 14.2 Å². The molecule has 7 heteroatoms. The molecule has 0 aliphatic carbocycles. The predicted molar refractivity (Wildman–Crippen MR) is 89.3 cm³/mol. The molecular weight excluding hydrogens is 324 g/mol. The maximum atomic E-state index is 12.9. The number of amides is 2. The number of carbonyl (C=O) groups is 2. The minimum atomic E-state index is -0.474. The molecule has 7 nitrogen and oxygen atoms in total. The second-order valence-electron chi connectivity index (χ2n) is 6.63. The lowest BCUT2D eigenvalue weighted by atomic mass is 10.0. The lowest BCUT2D eigenvalue weighted by Gasteiger charge is -2.39. The Morgan fingerprint density at radius 1 is 1.08 bits per heavy atom. The van der Waals surface area contributed by atoms with Crippen LogP contribution in [-0.4, -0.2) is 62.0 Å². The van der Waals surface area contributed by atoms with Crippen LogP contribution in [0.25, 0.3) is 0 Å². The highest BCUT2D eigenvalue weighted by molar-refractivity contribution is 6.22. The zero-order valence-electron chi connectivity index (χ0n) is 14.3. The second-order valence-corrected chi connectivity index (χ2v) is 6.63. The summed E-state index contributed by atoms with van der Waals surface area (Å²) in [5, 5.41) is 0. The number of ether oxygens (including phenoxy) is 3. The van der Waals surface area contributed by atoms with Crippen molar-refractivity contribution in [2.45, 2.75) is 31.1 Å². The smallest absolute Gasteiger partial charge is 0.251 e. The van der Waals surface area contributed by atoms with E-state index in [1.165, 1.54) is 4.90 Å². The molecule has 0 aromatic heterocycles. The fourth-order valence-electron chi connectivity index (χ4n) is 3.87. The summed E-state index contributed by atoms with van der Waals surface area (Å²) in [7, 11) is 1.58. The Labute approximate surface area is 146 Å². The van der Waals surface area contributed by atoms with Crippen molar-refractivity contribution in [3.63, 3.8) is 0 Å². The van der Waals surface area contributed by atoms with Gasteiger partial charge in [-0.3, -0.25) is 14.5 Å². The van der Waals surface area contributed by atoms with Crippen molar-refractivity contribution in [3.05, 3.63) is 24.3 Å². The topological polar surface area (TPSA) is 68.3 Å². The van der Waals surface area contributed by atoms with Gasteiger partial charge >= 0.3 is 0 Å². The van der Waals surface area contributed by atoms with Gasteiger partial charge in [0.05, 0.1) is 38.5 Å². The Balaban J connectivity index is 1.45. The molecule has 0 radical (unpaired) electrons. The summed E-state index contributed by atoms with van der Waals surface area (Å²) in [6.07, 6.45) is 1.68. The minimum absolute atomic E-state index is 0.153. The van der Waals surface area contributed by atoms with Gasteiger partial charge in [-0.1, -0.05) is 0 Å². The van der Waals surface area contributed by atoms with Crippen molar-refractivity contribution in [2.75, 3.05) is 38.3 Å². The van der Waals surface area contributed by atoms with Crippen molar-refractivity contribution in [1.82, 2.24) is 4.90 Å². The highest BCUT2D eigenvalue weighted by atomic mass is 16.7. The van der Waals surface area contributed by atoms with Crippen LogP contribution < -0.4 is 9.64 Å². The number of anilines is 1. The third-order valence-electron chi connectivity index (χ3n) is 5.27. The van der Waals surface area contributed by atoms with Gasteiger partial charge in [-0.25, -0.2) is 4.90 Å². The van der Waals surface area contributed by atoms with E-state index in [0.29, 0.717) is 37.7 Å². The van der Waals surface area contributed by atoms with E-state index in [-0.39, 0.29) is 18.2 Å². The molecule has 1 aromatic carbocycles. The van der Waals surface area contributed by atoms with E-state index in [9.17, 15) is 9.59 Å². The number of hydrogen-bond donors (Lipinski definition) is 0. The van der Waals surface area contributed by atoms with E-state index in [1.807, 2.05) is 0 Å². The van der Waals surface area contributed by atoms with Crippen molar-refractivity contribution >= 4 is 17.5 Å². The zero-order valence-corrected chi connectivity index (χ0v) is 14.3. The monoisotopic (exact) mass is 346 g/mol. The summed E-state index contributed by atoms with van der Waals surface area (Å²) in [5.41, 5.74) is 0.592. The van der Waals surface area contributed by atoms with Gasteiger partial charge in [0.2, 0.25) is 5.91 Å². The van der Waals surface area contributed by atoms with Crippen LogP contribution in [0.4, 0.5) is 5.69 Å². The van der Waals surface area contributed by atoms with Crippen LogP contribution in [0, 0.1) is 0 Å². The number of hydrogen-bond acceptors (Lipinski definition) is 6. The Bertz CT molecular complexity index is 659. The molecule has 3 aliphatic heterocycles. The molecule has 3 heterocycles. The molecule has 3 saturated heterocycles. The quantitative estimate of drug-likeness (QED) is 0.765. The number of imide groups is 1. The maximum Gasteiger partial charge on any atom is 0.251 e.